The van der Waals surface area contributed by atoms with Crippen molar-refractivity contribution in [3.63, 3.8) is 0 Å². The number of hydrogen-bond acceptors (Lipinski definition) is 3. The minimum Gasteiger partial charge on any atom is -0.496 e. The highest BCUT2D eigenvalue weighted by Crippen LogP contribution is 2.24. The zero-order chi connectivity index (χ0) is 20.1. The van der Waals surface area contributed by atoms with Crippen LogP contribution in [0.2, 0.25) is 0 Å². The first-order valence-corrected chi connectivity index (χ1v) is 9.22. The first kappa shape index (κ1) is 19.5. The minimum absolute atomic E-state index is 0.164. The van der Waals surface area contributed by atoms with Gasteiger partial charge in [0.25, 0.3) is 5.91 Å². The number of ether oxygens (including phenoxy) is 2. The van der Waals surface area contributed by atoms with E-state index < -0.39 is 0 Å². The number of benzene rings is 3. The van der Waals surface area contributed by atoms with Crippen molar-refractivity contribution in [2.24, 2.45) is 0 Å². The molecular weight excluding hydrogens is 350 g/mol. The Morgan fingerprint density at radius 2 is 1.64 bits per heavy atom. The van der Waals surface area contributed by atoms with Crippen LogP contribution in [0.1, 0.15) is 32.6 Å². The lowest BCUT2D eigenvalue weighted by Crippen LogP contribution is -2.13. The highest BCUT2D eigenvalue weighted by atomic mass is 16.5. The fourth-order valence-corrected chi connectivity index (χ4v) is 2.93. The first-order chi connectivity index (χ1) is 13.5. The molecule has 0 aromatic heterocycles. The molecule has 0 aliphatic carbocycles. The van der Waals surface area contributed by atoms with Crippen molar-refractivity contribution < 1.29 is 14.3 Å². The third kappa shape index (κ3) is 4.52. The van der Waals surface area contributed by atoms with Crippen molar-refractivity contribution in [1.82, 2.24) is 0 Å². The number of para-hydroxylation sites is 1. The van der Waals surface area contributed by atoms with Crippen LogP contribution in [0.3, 0.4) is 0 Å². The van der Waals surface area contributed by atoms with Crippen LogP contribution < -0.4 is 14.8 Å². The predicted molar refractivity (Wildman–Crippen MR) is 112 cm³/mol. The van der Waals surface area contributed by atoms with Crippen LogP contribution in [0.25, 0.3) is 0 Å². The summed E-state index contributed by atoms with van der Waals surface area (Å²) in [5.74, 6) is 1.34. The Bertz CT molecular complexity index is 995. The average Bonchev–Trinajstić information content (AvgIpc) is 2.70. The molecule has 0 fully saturated rings. The molecule has 4 heteroatoms. The lowest BCUT2D eigenvalue weighted by Gasteiger charge is -2.14. The molecule has 0 atom stereocenters. The second-order valence-corrected chi connectivity index (χ2v) is 6.83. The van der Waals surface area contributed by atoms with E-state index in [0.29, 0.717) is 17.9 Å². The van der Waals surface area contributed by atoms with Gasteiger partial charge in [-0.1, -0.05) is 24.3 Å². The molecule has 0 aliphatic heterocycles. The Labute approximate surface area is 166 Å². The molecule has 0 unspecified atom stereocenters. The van der Waals surface area contributed by atoms with Crippen LogP contribution in [0.15, 0.2) is 60.7 Å². The van der Waals surface area contributed by atoms with Crippen molar-refractivity contribution >= 4 is 11.6 Å². The molecule has 0 aliphatic rings. The summed E-state index contributed by atoms with van der Waals surface area (Å²) in [5, 5.41) is 2.95. The maximum Gasteiger partial charge on any atom is 0.255 e. The molecule has 144 valence electrons. The lowest BCUT2D eigenvalue weighted by atomic mass is 10.1. The summed E-state index contributed by atoms with van der Waals surface area (Å²) in [6.07, 6.45) is 0. The van der Waals surface area contributed by atoms with Crippen molar-refractivity contribution in [2.75, 3.05) is 12.4 Å². The Morgan fingerprint density at radius 1 is 0.857 bits per heavy atom. The van der Waals surface area contributed by atoms with Gasteiger partial charge in [-0.15, -0.1) is 0 Å². The third-order valence-electron chi connectivity index (χ3n) is 4.78. The van der Waals surface area contributed by atoms with Crippen molar-refractivity contribution in [3.8, 4) is 11.5 Å². The highest BCUT2D eigenvalue weighted by molar-refractivity contribution is 6.04. The second-order valence-electron chi connectivity index (χ2n) is 6.83. The van der Waals surface area contributed by atoms with Crippen molar-refractivity contribution in [1.29, 1.82) is 0 Å². The zero-order valence-corrected chi connectivity index (χ0v) is 16.7. The minimum atomic E-state index is -0.164. The van der Waals surface area contributed by atoms with E-state index in [9.17, 15) is 4.79 Å². The largest absolute Gasteiger partial charge is 0.496 e. The fourth-order valence-electron chi connectivity index (χ4n) is 2.93. The predicted octanol–water partition coefficient (Wildman–Crippen LogP) is 5.45. The normalized spacial score (nSPS) is 10.4. The number of nitrogens with one attached hydrogen (secondary N) is 1. The van der Waals surface area contributed by atoms with Gasteiger partial charge in [-0.05, 0) is 73.9 Å². The molecule has 1 amide bonds. The Morgan fingerprint density at radius 3 is 2.36 bits per heavy atom. The summed E-state index contributed by atoms with van der Waals surface area (Å²) in [7, 11) is 1.61. The standard InChI is InChI=1S/C24H25NO3/c1-16-9-11-21(13-18(16)3)25-24(26)19-10-12-23(27-4)20(14-19)15-28-22-8-6-5-7-17(22)2/h5-14H,15H2,1-4H3,(H,25,26). The van der Waals surface area contributed by atoms with Gasteiger partial charge >= 0.3 is 0 Å². The molecule has 0 spiro atoms. The molecule has 0 saturated carbocycles. The molecule has 0 heterocycles. The van der Waals surface area contributed by atoms with Gasteiger partial charge in [-0.3, -0.25) is 4.79 Å². The van der Waals surface area contributed by atoms with E-state index in [0.717, 1.165) is 28.1 Å². The van der Waals surface area contributed by atoms with Gasteiger partial charge in [-0.2, -0.15) is 0 Å². The summed E-state index contributed by atoms with van der Waals surface area (Å²) in [4.78, 5) is 12.7. The number of carbonyl (C=O) groups is 1. The molecule has 3 aromatic carbocycles. The van der Waals surface area contributed by atoms with Crippen molar-refractivity contribution in [3.05, 3.63) is 88.5 Å². The monoisotopic (exact) mass is 375 g/mol. The number of hydrogen-bond donors (Lipinski definition) is 1. The van der Waals surface area contributed by atoms with Crippen LogP contribution in [-0.4, -0.2) is 13.0 Å². The Kier molecular flexibility index (Phi) is 5.99. The SMILES string of the molecule is COc1ccc(C(=O)Nc2ccc(C)c(C)c2)cc1COc1ccccc1C. The summed E-state index contributed by atoms with van der Waals surface area (Å²) >= 11 is 0. The molecule has 0 bridgehead atoms. The molecule has 4 nitrogen and oxygen atoms in total. The van der Waals surface area contributed by atoms with Gasteiger partial charge < -0.3 is 14.8 Å². The van der Waals surface area contributed by atoms with E-state index in [1.54, 1.807) is 19.2 Å². The topological polar surface area (TPSA) is 47.6 Å². The van der Waals surface area contributed by atoms with Crippen LogP contribution in [-0.2, 0) is 6.61 Å². The van der Waals surface area contributed by atoms with Gasteiger partial charge in [0.15, 0.2) is 0 Å². The molecule has 3 rings (SSSR count). The number of carbonyl (C=O) groups excluding carboxylic acids is 1. The average molecular weight is 375 g/mol. The van der Waals surface area contributed by atoms with Gasteiger partial charge in [0, 0.05) is 16.8 Å². The highest BCUT2D eigenvalue weighted by Gasteiger charge is 2.12. The van der Waals surface area contributed by atoms with Gasteiger partial charge in [0.2, 0.25) is 0 Å². The smallest absolute Gasteiger partial charge is 0.255 e. The number of methoxy groups -OCH3 is 1. The number of anilines is 1. The van der Waals surface area contributed by atoms with E-state index in [2.05, 4.69) is 5.32 Å². The number of aryl methyl sites for hydroxylation is 3. The van der Waals surface area contributed by atoms with E-state index in [1.165, 1.54) is 5.56 Å². The van der Waals surface area contributed by atoms with Crippen LogP contribution in [0.4, 0.5) is 5.69 Å². The Hall–Kier alpha value is -3.27. The molecular formula is C24H25NO3. The number of rotatable bonds is 6. The Balaban J connectivity index is 1.78. The molecule has 1 N–H and O–H groups in total. The summed E-state index contributed by atoms with van der Waals surface area (Å²) in [6, 6.07) is 19.1. The molecule has 3 aromatic rings. The quantitative estimate of drug-likeness (QED) is 0.623. The zero-order valence-electron chi connectivity index (χ0n) is 16.7. The maximum absolute atomic E-state index is 12.7. The molecule has 28 heavy (non-hydrogen) atoms. The fraction of sp³-hybridized carbons (Fsp3) is 0.208. The lowest BCUT2D eigenvalue weighted by molar-refractivity contribution is 0.102. The summed E-state index contributed by atoms with van der Waals surface area (Å²) < 4.78 is 11.4. The van der Waals surface area contributed by atoms with E-state index in [-0.39, 0.29) is 5.91 Å². The van der Waals surface area contributed by atoms with E-state index in [1.807, 2.05) is 69.3 Å². The van der Waals surface area contributed by atoms with Crippen LogP contribution >= 0.6 is 0 Å². The summed E-state index contributed by atoms with van der Waals surface area (Å²) in [6.45, 7) is 6.39. The van der Waals surface area contributed by atoms with Crippen LogP contribution in [0, 0.1) is 20.8 Å². The van der Waals surface area contributed by atoms with Gasteiger partial charge in [0.05, 0.1) is 7.11 Å². The maximum atomic E-state index is 12.7. The molecule has 0 radical (unpaired) electrons. The third-order valence-corrected chi connectivity index (χ3v) is 4.78. The molecule has 0 saturated heterocycles. The van der Waals surface area contributed by atoms with Gasteiger partial charge in [-0.25, -0.2) is 0 Å². The first-order valence-electron chi connectivity index (χ1n) is 9.22. The summed E-state index contributed by atoms with van der Waals surface area (Å²) in [5.41, 5.74) is 5.55. The van der Waals surface area contributed by atoms with Crippen molar-refractivity contribution in [2.45, 2.75) is 27.4 Å². The second kappa shape index (κ2) is 8.61. The van der Waals surface area contributed by atoms with Gasteiger partial charge in [0.1, 0.15) is 18.1 Å². The number of amides is 1. The van der Waals surface area contributed by atoms with E-state index >= 15 is 0 Å². The van der Waals surface area contributed by atoms with E-state index in [4.69, 9.17) is 9.47 Å². The van der Waals surface area contributed by atoms with Crippen LogP contribution in [0.5, 0.6) is 11.5 Å².